The first-order chi connectivity index (χ1) is 9.57. The number of rotatable bonds is 2. The number of hydrogen-bond acceptors (Lipinski definition) is 2. The zero-order valence-corrected chi connectivity index (χ0v) is 12.5. The summed E-state index contributed by atoms with van der Waals surface area (Å²) in [7, 11) is 0. The van der Waals surface area contributed by atoms with Gasteiger partial charge < -0.3 is 5.32 Å². The van der Waals surface area contributed by atoms with Gasteiger partial charge in [-0.25, -0.2) is 0 Å². The highest BCUT2D eigenvalue weighted by Crippen LogP contribution is 2.36. The van der Waals surface area contributed by atoms with Crippen molar-refractivity contribution in [2.45, 2.75) is 45.4 Å². The number of nitrogens with one attached hydrogen (secondary N) is 1. The monoisotopic (exact) mass is 290 g/mol. The molecule has 1 amide bonds. The standard InChI is InChI=1S/C16H19ClN2O/c1-12-6-7-13(17)14(10-12)19-15(20)16(11-18)8-4-2-3-5-9-16/h6-7,10H,2-5,8-9H2,1H3,(H,19,20). The first-order valence-corrected chi connectivity index (χ1v) is 7.44. The van der Waals surface area contributed by atoms with Gasteiger partial charge in [-0.15, -0.1) is 0 Å². The van der Waals surface area contributed by atoms with E-state index in [0.29, 0.717) is 23.6 Å². The fourth-order valence-corrected chi connectivity index (χ4v) is 2.86. The third-order valence-corrected chi connectivity index (χ3v) is 4.31. The molecule has 3 nitrogen and oxygen atoms in total. The van der Waals surface area contributed by atoms with Gasteiger partial charge in [-0.2, -0.15) is 5.26 Å². The summed E-state index contributed by atoms with van der Waals surface area (Å²) < 4.78 is 0. The molecule has 2 rings (SSSR count). The number of carbonyl (C=O) groups is 1. The van der Waals surface area contributed by atoms with Crippen LogP contribution in [0.1, 0.15) is 44.1 Å². The summed E-state index contributed by atoms with van der Waals surface area (Å²) in [5, 5.41) is 12.8. The Balaban J connectivity index is 2.21. The number of benzene rings is 1. The van der Waals surface area contributed by atoms with Crippen LogP contribution in [-0.2, 0) is 4.79 Å². The van der Waals surface area contributed by atoms with Crippen LogP contribution in [0.5, 0.6) is 0 Å². The molecule has 0 aromatic heterocycles. The lowest BCUT2D eigenvalue weighted by atomic mass is 9.81. The van der Waals surface area contributed by atoms with Gasteiger partial charge in [-0.05, 0) is 37.5 Å². The zero-order chi connectivity index (χ0) is 14.6. The van der Waals surface area contributed by atoms with Crippen LogP contribution in [-0.4, -0.2) is 5.91 Å². The maximum Gasteiger partial charge on any atom is 0.244 e. The molecular formula is C16H19ClN2O. The quantitative estimate of drug-likeness (QED) is 0.818. The molecule has 1 aliphatic carbocycles. The van der Waals surface area contributed by atoms with Gasteiger partial charge in [0, 0.05) is 0 Å². The Kier molecular flexibility index (Phi) is 4.67. The van der Waals surface area contributed by atoms with E-state index in [0.717, 1.165) is 31.2 Å². The van der Waals surface area contributed by atoms with Crippen molar-refractivity contribution in [3.05, 3.63) is 28.8 Å². The van der Waals surface area contributed by atoms with Crippen LogP contribution in [0.25, 0.3) is 0 Å². The van der Waals surface area contributed by atoms with E-state index < -0.39 is 5.41 Å². The lowest BCUT2D eigenvalue weighted by Crippen LogP contribution is -2.34. The van der Waals surface area contributed by atoms with E-state index in [9.17, 15) is 10.1 Å². The number of carbonyl (C=O) groups excluding carboxylic acids is 1. The van der Waals surface area contributed by atoms with E-state index in [1.807, 2.05) is 19.1 Å². The van der Waals surface area contributed by atoms with E-state index in [4.69, 9.17) is 11.6 Å². The van der Waals surface area contributed by atoms with Crippen molar-refractivity contribution >= 4 is 23.2 Å². The summed E-state index contributed by atoms with van der Waals surface area (Å²) in [5.74, 6) is -0.214. The number of nitriles is 1. The van der Waals surface area contributed by atoms with Crippen molar-refractivity contribution in [3.8, 4) is 6.07 Å². The Labute approximate surface area is 124 Å². The molecule has 1 N–H and O–H groups in total. The van der Waals surface area contributed by atoms with Crippen LogP contribution in [0.15, 0.2) is 18.2 Å². The smallest absolute Gasteiger partial charge is 0.244 e. The average Bonchev–Trinajstić information content (AvgIpc) is 2.69. The molecule has 1 aromatic carbocycles. The van der Waals surface area contributed by atoms with Crippen molar-refractivity contribution in [2.24, 2.45) is 5.41 Å². The topological polar surface area (TPSA) is 52.9 Å². The van der Waals surface area contributed by atoms with Crippen molar-refractivity contribution < 1.29 is 4.79 Å². The molecule has 1 saturated carbocycles. The highest BCUT2D eigenvalue weighted by Gasteiger charge is 2.39. The maximum atomic E-state index is 12.5. The van der Waals surface area contributed by atoms with Crippen LogP contribution in [0.3, 0.4) is 0 Å². The molecule has 106 valence electrons. The molecule has 0 spiro atoms. The minimum Gasteiger partial charge on any atom is -0.323 e. The van der Waals surface area contributed by atoms with Crippen molar-refractivity contribution in [1.82, 2.24) is 0 Å². The minimum absolute atomic E-state index is 0.214. The number of hydrogen-bond donors (Lipinski definition) is 1. The third kappa shape index (κ3) is 3.13. The maximum absolute atomic E-state index is 12.5. The summed E-state index contributed by atoms with van der Waals surface area (Å²) in [6, 6.07) is 7.75. The van der Waals surface area contributed by atoms with Gasteiger partial charge >= 0.3 is 0 Å². The van der Waals surface area contributed by atoms with Crippen LogP contribution in [0.4, 0.5) is 5.69 Å². The van der Waals surface area contributed by atoms with Crippen LogP contribution in [0, 0.1) is 23.7 Å². The van der Waals surface area contributed by atoms with Gasteiger partial charge in [0.25, 0.3) is 0 Å². The van der Waals surface area contributed by atoms with Crippen molar-refractivity contribution in [1.29, 1.82) is 5.26 Å². The molecule has 20 heavy (non-hydrogen) atoms. The van der Waals surface area contributed by atoms with E-state index in [1.54, 1.807) is 6.07 Å². The molecule has 0 saturated heterocycles. The second-order valence-corrected chi connectivity index (χ2v) is 5.95. The highest BCUT2D eigenvalue weighted by molar-refractivity contribution is 6.33. The second kappa shape index (κ2) is 6.28. The van der Waals surface area contributed by atoms with Crippen LogP contribution >= 0.6 is 11.6 Å². The van der Waals surface area contributed by atoms with Gasteiger partial charge in [-0.1, -0.05) is 43.4 Å². The van der Waals surface area contributed by atoms with Gasteiger partial charge in [-0.3, -0.25) is 4.79 Å². The largest absolute Gasteiger partial charge is 0.323 e. The first kappa shape index (κ1) is 14.9. The van der Waals surface area contributed by atoms with E-state index in [1.165, 1.54) is 0 Å². The summed E-state index contributed by atoms with van der Waals surface area (Å²) in [5.41, 5.74) is 0.718. The molecule has 1 aliphatic rings. The molecule has 0 radical (unpaired) electrons. The third-order valence-electron chi connectivity index (χ3n) is 3.98. The number of halogens is 1. The molecule has 0 bridgehead atoms. The Morgan fingerprint density at radius 2 is 1.95 bits per heavy atom. The number of amides is 1. The lowest BCUT2D eigenvalue weighted by molar-refractivity contribution is -0.123. The predicted octanol–water partition coefficient (Wildman–Crippen LogP) is 4.45. The fraction of sp³-hybridized carbons (Fsp3) is 0.500. The minimum atomic E-state index is -0.899. The predicted molar refractivity (Wildman–Crippen MR) is 80.6 cm³/mol. The zero-order valence-electron chi connectivity index (χ0n) is 11.7. The molecule has 0 heterocycles. The Hall–Kier alpha value is -1.53. The first-order valence-electron chi connectivity index (χ1n) is 7.06. The summed E-state index contributed by atoms with van der Waals surface area (Å²) in [6.07, 6.45) is 5.34. The summed E-state index contributed by atoms with van der Waals surface area (Å²) in [6.45, 7) is 1.94. The van der Waals surface area contributed by atoms with E-state index in [-0.39, 0.29) is 5.91 Å². The molecule has 0 aliphatic heterocycles. The Morgan fingerprint density at radius 1 is 1.30 bits per heavy atom. The fourth-order valence-electron chi connectivity index (χ4n) is 2.70. The van der Waals surface area contributed by atoms with Crippen LogP contribution < -0.4 is 5.32 Å². The molecule has 4 heteroatoms. The van der Waals surface area contributed by atoms with Crippen molar-refractivity contribution in [2.75, 3.05) is 5.32 Å². The van der Waals surface area contributed by atoms with Gasteiger partial charge in [0.2, 0.25) is 5.91 Å². The number of aryl methyl sites for hydroxylation is 1. The normalized spacial score (nSPS) is 17.9. The molecule has 1 fully saturated rings. The van der Waals surface area contributed by atoms with E-state index in [2.05, 4.69) is 11.4 Å². The van der Waals surface area contributed by atoms with Crippen LogP contribution in [0.2, 0.25) is 5.02 Å². The summed E-state index contributed by atoms with van der Waals surface area (Å²) in [4.78, 5) is 12.5. The second-order valence-electron chi connectivity index (χ2n) is 5.55. The SMILES string of the molecule is Cc1ccc(Cl)c(NC(=O)C2(C#N)CCCCCC2)c1. The number of anilines is 1. The Morgan fingerprint density at radius 3 is 2.55 bits per heavy atom. The van der Waals surface area contributed by atoms with E-state index >= 15 is 0 Å². The Bertz CT molecular complexity index is 540. The molecule has 0 atom stereocenters. The lowest BCUT2D eigenvalue weighted by Gasteiger charge is -2.24. The van der Waals surface area contributed by atoms with Crippen molar-refractivity contribution in [3.63, 3.8) is 0 Å². The molecule has 0 unspecified atom stereocenters. The number of nitrogens with zero attached hydrogens (tertiary/aromatic N) is 1. The van der Waals surface area contributed by atoms with Gasteiger partial charge in [0.1, 0.15) is 5.41 Å². The molecule has 1 aromatic rings. The van der Waals surface area contributed by atoms with Gasteiger partial charge in [0.15, 0.2) is 0 Å². The highest BCUT2D eigenvalue weighted by atomic mass is 35.5. The van der Waals surface area contributed by atoms with Gasteiger partial charge in [0.05, 0.1) is 16.8 Å². The summed E-state index contributed by atoms with van der Waals surface area (Å²) >= 11 is 6.10. The molecular weight excluding hydrogens is 272 g/mol. The average molecular weight is 291 g/mol.